The van der Waals surface area contributed by atoms with Crippen LogP contribution < -0.4 is 4.72 Å². The van der Waals surface area contributed by atoms with Gasteiger partial charge in [-0.05, 0) is 13.0 Å². The van der Waals surface area contributed by atoms with E-state index in [1.54, 1.807) is 0 Å². The van der Waals surface area contributed by atoms with Crippen molar-refractivity contribution in [2.75, 3.05) is 4.72 Å². The molecule has 0 unspecified atom stereocenters. The molecule has 0 aliphatic heterocycles. The van der Waals surface area contributed by atoms with E-state index in [1.165, 1.54) is 13.0 Å². The van der Waals surface area contributed by atoms with Crippen LogP contribution in [-0.2, 0) is 10.0 Å². The number of halogens is 1. The molecule has 0 fully saturated rings. The van der Waals surface area contributed by atoms with Gasteiger partial charge in [-0.25, -0.2) is 23.2 Å². The second-order valence-electron chi connectivity index (χ2n) is 3.67. The maximum absolute atomic E-state index is 12.2. The highest BCUT2D eigenvalue weighted by molar-refractivity contribution is 7.93. The fourth-order valence-electron chi connectivity index (χ4n) is 1.42. The number of rotatable bonds is 4. The molecule has 2 aromatic heterocycles. The van der Waals surface area contributed by atoms with Crippen LogP contribution in [0.1, 0.15) is 14.5 Å². The first-order chi connectivity index (χ1) is 9.29. The molecule has 0 aliphatic carbocycles. The molecular formula is C10H8ClN3O4S2. The highest BCUT2D eigenvalue weighted by Gasteiger charge is 2.22. The number of carboxylic acids is 1. The number of carboxylic acid groups (broad SMARTS) is 1. The number of aromatic nitrogens is 2. The second-order valence-corrected chi connectivity index (χ2v) is 6.96. The summed E-state index contributed by atoms with van der Waals surface area (Å²) in [5, 5.41) is 8.96. The van der Waals surface area contributed by atoms with Gasteiger partial charge in [0.25, 0.3) is 10.0 Å². The molecule has 0 aliphatic rings. The van der Waals surface area contributed by atoms with Crippen LogP contribution in [-0.4, -0.2) is 29.5 Å². The smallest absolute Gasteiger partial charge is 0.345 e. The third-order valence-corrected chi connectivity index (χ3v) is 5.10. The van der Waals surface area contributed by atoms with Crippen molar-refractivity contribution in [3.63, 3.8) is 0 Å². The Kier molecular flexibility index (Phi) is 3.93. The van der Waals surface area contributed by atoms with E-state index < -0.39 is 16.0 Å². The van der Waals surface area contributed by atoms with E-state index >= 15 is 0 Å². The number of sulfonamides is 1. The summed E-state index contributed by atoms with van der Waals surface area (Å²) in [5.74, 6) is -1.17. The zero-order chi connectivity index (χ0) is 14.9. The van der Waals surface area contributed by atoms with Crippen LogP contribution in [0.4, 0.5) is 5.82 Å². The largest absolute Gasteiger partial charge is 0.477 e. The predicted molar refractivity (Wildman–Crippen MR) is 73.9 cm³/mol. The molecule has 0 amide bonds. The fraction of sp³-hybridized carbons (Fsp3) is 0.100. The lowest BCUT2D eigenvalue weighted by Crippen LogP contribution is -2.14. The molecule has 0 radical (unpaired) electrons. The lowest BCUT2D eigenvalue weighted by Gasteiger charge is -2.06. The minimum absolute atomic E-state index is 0.00692. The van der Waals surface area contributed by atoms with Crippen LogP contribution in [0.2, 0.25) is 5.15 Å². The van der Waals surface area contributed by atoms with Crippen LogP contribution in [0.25, 0.3) is 0 Å². The summed E-state index contributed by atoms with van der Waals surface area (Å²) in [7, 11) is -3.93. The van der Waals surface area contributed by atoms with Gasteiger partial charge in [-0.2, -0.15) is 0 Å². The number of nitrogens with one attached hydrogen (secondary N) is 1. The first-order valence-corrected chi connectivity index (χ1v) is 7.81. The number of carbonyl (C=O) groups is 1. The van der Waals surface area contributed by atoms with Crippen molar-refractivity contribution < 1.29 is 18.3 Å². The fourth-order valence-corrected chi connectivity index (χ4v) is 4.00. The maximum Gasteiger partial charge on any atom is 0.345 e. The molecule has 0 saturated carbocycles. The van der Waals surface area contributed by atoms with Gasteiger partial charge in [0.15, 0.2) is 0 Å². The standard InChI is InChI=1S/C10H8ClN3O4S2/c1-5-7(2-6(19-5)10(15)16)20(17,18)14-9-3-8(11)12-4-13-9/h2-4H,1H3,(H,15,16)(H,12,13,14). The predicted octanol–water partition coefficient (Wildman–Crippen LogP) is 2.00. The Bertz CT molecular complexity index is 773. The van der Waals surface area contributed by atoms with Crippen molar-refractivity contribution in [1.82, 2.24) is 9.97 Å². The molecule has 2 aromatic rings. The van der Waals surface area contributed by atoms with Gasteiger partial charge in [0.2, 0.25) is 0 Å². The molecule has 2 N–H and O–H groups in total. The van der Waals surface area contributed by atoms with Gasteiger partial charge in [0.05, 0.1) is 0 Å². The highest BCUT2D eigenvalue weighted by Crippen LogP contribution is 2.27. The molecule has 0 bridgehead atoms. The molecular weight excluding hydrogens is 326 g/mol. The number of nitrogens with zero attached hydrogens (tertiary/aromatic N) is 2. The molecule has 7 nitrogen and oxygen atoms in total. The Labute approximate surface area is 123 Å². The van der Waals surface area contributed by atoms with Crippen molar-refractivity contribution in [3.05, 3.63) is 33.4 Å². The maximum atomic E-state index is 12.2. The average Bonchev–Trinajstić information content (AvgIpc) is 2.71. The lowest BCUT2D eigenvalue weighted by atomic mass is 10.4. The van der Waals surface area contributed by atoms with Crippen LogP contribution in [0.5, 0.6) is 0 Å². The van der Waals surface area contributed by atoms with E-state index in [-0.39, 0.29) is 20.7 Å². The van der Waals surface area contributed by atoms with E-state index in [0.29, 0.717) is 4.88 Å². The van der Waals surface area contributed by atoms with Crippen molar-refractivity contribution >= 4 is 44.7 Å². The van der Waals surface area contributed by atoms with Crippen molar-refractivity contribution in [3.8, 4) is 0 Å². The summed E-state index contributed by atoms with van der Waals surface area (Å²) in [5.41, 5.74) is 0. The second kappa shape index (κ2) is 5.35. The molecule has 10 heteroatoms. The number of hydrogen-bond acceptors (Lipinski definition) is 6. The summed E-state index contributed by atoms with van der Waals surface area (Å²) in [6, 6.07) is 2.35. The molecule has 2 rings (SSSR count). The summed E-state index contributed by atoms with van der Waals surface area (Å²) in [6.07, 6.45) is 1.11. The van der Waals surface area contributed by atoms with E-state index in [1.807, 2.05) is 0 Å². The van der Waals surface area contributed by atoms with Gasteiger partial charge in [-0.15, -0.1) is 11.3 Å². The van der Waals surface area contributed by atoms with Crippen LogP contribution in [0, 0.1) is 6.92 Å². The van der Waals surface area contributed by atoms with Gasteiger partial charge in [0, 0.05) is 10.9 Å². The number of aromatic carboxylic acids is 1. The third kappa shape index (κ3) is 3.06. The van der Waals surface area contributed by atoms with E-state index in [2.05, 4.69) is 14.7 Å². The topological polar surface area (TPSA) is 109 Å². The van der Waals surface area contributed by atoms with E-state index in [4.69, 9.17) is 16.7 Å². The van der Waals surface area contributed by atoms with Gasteiger partial charge in [-0.1, -0.05) is 11.6 Å². The number of aryl methyl sites for hydroxylation is 1. The van der Waals surface area contributed by atoms with Gasteiger partial charge < -0.3 is 5.11 Å². The Morgan fingerprint density at radius 3 is 2.65 bits per heavy atom. The Hall–Kier alpha value is -1.71. The Balaban J connectivity index is 2.38. The van der Waals surface area contributed by atoms with E-state index in [9.17, 15) is 13.2 Å². The number of thiophene rings is 1. The quantitative estimate of drug-likeness (QED) is 0.828. The van der Waals surface area contributed by atoms with Gasteiger partial charge in [-0.3, -0.25) is 4.72 Å². The van der Waals surface area contributed by atoms with Crippen molar-refractivity contribution in [1.29, 1.82) is 0 Å². The zero-order valence-electron chi connectivity index (χ0n) is 9.99. The van der Waals surface area contributed by atoms with Crippen LogP contribution in [0.15, 0.2) is 23.4 Å². The molecule has 0 aromatic carbocycles. The summed E-state index contributed by atoms with van der Waals surface area (Å²) >= 11 is 6.52. The summed E-state index contributed by atoms with van der Waals surface area (Å²) in [4.78, 5) is 18.4. The minimum Gasteiger partial charge on any atom is -0.477 e. The van der Waals surface area contributed by atoms with Gasteiger partial charge in [0.1, 0.15) is 27.1 Å². The molecule has 106 valence electrons. The highest BCUT2D eigenvalue weighted by atomic mass is 35.5. The van der Waals surface area contributed by atoms with E-state index in [0.717, 1.165) is 23.7 Å². The van der Waals surface area contributed by atoms with Crippen LogP contribution >= 0.6 is 22.9 Å². The molecule has 20 heavy (non-hydrogen) atoms. The normalized spacial score (nSPS) is 11.3. The molecule has 2 heterocycles. The molecule has 0 saturated heterocycles. The SMILES string of the molecule is Cc1sc(C(=O)O)cc1S(=O)(=O)Nc1cc(Cl)ncn1. The minimum atomic E-state index is -3.93. The zero-order valence-corrected chi connectivity index (χ0v) is 12.4. The summed E-state index contributed by atoms with van der Waals surface area (Å²) < 4.78 is 26.6. The molecule has 0 atom stereocenters. The molecule has 0 spiro atoms. The first-order valence-electron chi connectivity index (χ1n) is 5.13. The monoisotopic (exact) mass is 333 g/mol. The van der Waals surface area contributed by atoms with Gasteiger partial charge >= 0.3 is 5.97 Å². The van der Waals surface area contributed by atoms with Crippen LogP contribution in [0.3, 0.4) is 0 Å². The Morgan fingerprint density at radius 2 is 2.10 bits per heavy atom. The first kappa shape index (κ1) is 14.7. The Morgan fingerprint density at radius 1 is 1.40 bits per heavy atom. The third-order valence-electron chi connectivity index (χ3n) is 2.25. The number of anilines is 1. The van der Waals surface area contributed by atoms with Crippen molar-refractivity contribution in [2.24, 2.45) is 0 Å². The summed E-state index contributed by atoms with van der Waals surface area (Å²) in [6.45, 7) is 1.53. The average molecular weight is 334 g/mol. The lowest BCUT2D eigenvalue weighted by molar-refractivity contribution is 0.0702. The number of hydrogen-bond donors (Lipinski definition) is 2. The van der Waals surface area contributed by atoms with Crippen molar-refractivity contribution in [2.45, 2.75) is 11.8 Å².